The van der Waals surface area contributed by atoms with Gasteiger partial charge in [0.15, 0.2) is 0 Å². The lowest BCUT2D eigenvalue weighted by Gasteiger charge is -2.39. The van der Waals surface area contributed by atoms with E-state index in [0.717, 1.165) is 59.7 Å². The van der Waals surface area contributed by atoms with E-state index in [1.165, 1.54) is 90.2 Å². The van der Waals surface area contributed by atoms with Crippen LogP contribution in [-0.2, 0) is 63.7 Å². The molecule has 0 radical (unpaired) electrons. The summed E-state index contributed by atoms with van der Waals surface area (Å²) in [5.74, 6) is 8.61. The van der Waals surface area contributed by atoms with Crippen molar-refractivity contribution < 1.29 is 45.3 Å². The Hall–Kier alpha value is -6.76. The molecule has 0 spiro atoms. The average Bonchev–Trinajstić information content (AvgIpc) is 1.77. The highest BCUT2D eigenvalue weighted by Gasteiger charge is 2.41. The highest BCUT2D eigenvalue weighted by molar-refractivity contribution is 7.97. The van der Waals surface area contributed by atoms with Crippen molar-refractivity contribution in [2.45, 2.75) is 89.0 Å². The largest absolute Gasteiger partial charge is 0.394 e. The monoisotopic (exact) mass is 1500 g/mol. The van der Waals surface area contributed by atoms with Crippen molar-refractivity contribution in [1.29, 1.82) is 0 Å². The zero-order valence-corrected chi connectivity index (χ0v) is 60.0. The van der Waals surface area contributed by atoms with Crippen molar-refractivity contribution in [3.8, 4) is 32.0 Å². The minimum atomic E-state index is -2.92. The van der Waals surface area contributed by atoms with Gasteiger partial charge < -0.3 is 21.1 Å². The first-order chi connectivity index (χ1) is 46.0. The molecule has 9 aromatic rings. The van der Waals surface area contributed by atoms with Crippen LogP contribution in [0.5, 0.6) is 0 Å². The molecule has 22 nitrogen and oxygen atoms in total. The summed E-state index contributed by atoms with van der Waals surface area (Å²) in [6.45, 7) is 6.03. The third-order valence-electron chi connectivity index (χ3n) is 16.2. The zero-order valence-electron chi connectivity index (χ0n) is 52.8. The number of hydrogen-bond donors (Lipinski definition) is 7. The molecule has 0 aliphatic carbocycles. The highest BCUT2D eigenvalue weighted by atomic mass is 35.5. The molecule has 0 bridgehead atoms. The van der Waals surface area contributed by atoms with E-state index in [4.69, 9.17) is 39.9 Å². The highest BCUT2D eigenvalue weighted by Crippen LogP contribution is 2.40. The summed E-state index contributed by atoms with van der Waals surface area (Å²) < 4.78 is 98.7. The Labute approximate surface area is 587 Å². The topological polar surface area (TPSA) is 258 Å². The number of carbonyl (C=O) groups excluding carboxylic acids is 3. The number of nitrogens with one attached hydrogen (secondary N) is 6. The third kappa shape index (κ3) is 17.3. The van der Waals surface area contributed by atoms with Crippen molar-refractivity contribution in [1.82, 2.24) is 56.4 Å². The lowest BCUT2D eigenvalue weighted by Crippen LogP contribution is -2.55. The fourth-order valence-electron chi connectivity index (χ4n) is 10.7. The van der Waals surface area contributed by atoms with E-state index < -0.39 is 65.3 Å². The molecule has 9 unspecified atom stereocenters. The number of rotatable bonds is 16. The summed E-state index contributed by atoms with van der Waals surface area (Å²) >= 11 is 22.0. The van der Waals surface area contributed by atoms with Crippen LogP contribution in [0.25, 0.3) is 32.0 Å². The first-order valence-electron chi connectivity index (χ1n) is 29.9. The van der Waals surface area contributed by atoms with Gasteiger partial charge in [0.25, 0.3) is 0 Å². The van der Waals surface area contributed by atoms with Gasteiger partial charge in [0.05, 0.1) is 94.6 Å². The van der Waals surface area contributed by atoms with Crippen LogP contribution in [0.3, 0.4) is 0 Å². The number of amides is 3. The maximum absolute atomic E-state index is 13.4. The van der Waals surface area contributed by atoms with Crippen LogP contribution in [0, 0.1) is 17.5 Å². The van der Waals surface area contributed by atoms with Crippen molar-refractivity contribution in [2.75, 3.05) is 43.7 Å². The molecule has 516 valence electrons. The Morgan fingerprint density at radius 1 is 0.536 bits per heavy atom. The van der Waals surface area contributed by atoms with Gasteiger partial charge in [0, 0.05) is 111 Å². The standard InChI is InChI=1S/C21H23ClFN5O3S2.2C21H23ClFN5O2S2/c1-27-18(21(30)25-14-3-4-16(23)15(22)9-14)10-17(26-33(27,2)31)20-6-5-19(32-20)13-11-24-28(12-13)7-8-29;1-4-28-11-14(10-24-28)13-7-20(31-12-13)18-9-19(27(2)32(3,30)26-18)21(29)25-15-5-6-17(23)16(22)8-15;1-4-28-12-13(11-24-28)19-7-8-20(31-19)17-10-18(27(2)32(3,30)26-17)21(29)25-14-5-6-16(23)15(22)9-14/h3-6,9,11-12,17-18,29H,2,7-8,10H2,1H3,(H,25,30)(H,26,31);5-8,10-12,18-19H,3-4,9H2,1-2H3,(H,25,29)(H,26,30);5-9,11-12,17-18H,3-4,10H2,1-2H3,(H,25,29)(H,26,30). The summed E-state index contributed by atoms with van der Waals surface area (Å²) in [5, 5.41) is 31.9. The molecular formula is C63H69Cl3F3N15O7S6. The number of carbonyl (C=O) groups is 3. The van der Waals surface area contributed by atoms with Crippen molar-refractivity contribution in [2.24, 2.45) is 0 Å². The molecule has 3 amide bonds. The Balaban J connectivity index is 0.000000158. The van der Waals surface area contributed by atoms with Gasteiger partial charge in [-0.05, 0) is 147 Å². The maximum Gasteiger partial charge on any atom is 0.242 e. The number of aromatic nitrogens is 6. The fourth-order valence-corrected chi connectivity index (χ4v) is 18.8. The van der Waals surface area contributed by atoms with Gasteiger partial charge in [0.1, 0.15) is 35.6 Å². The molecule has 3 aromatic carbocycles. The molecule has 3 fully saturated rings. The maximum atomic E-state index is 13.4. The number of benzene rings is 3. The number of thiophene rings is 3. The Morgan fingerprint density at radius 2 is 0.887 bits per heavy atom. The third-order valence-corrected chi connectivity index (χ3v) is 26.1. The number of likely N-dealkylation sites (N-methyl/N-ethyl adjacent to an activating group) is 3. The fraction of sp³-hybridized carbons (Fsp3) is 0.286. The van der Waals surface area contributed by atoms with Crippen LogP contribution in [0.15, 0.2) is 127 Å². The second-order valence-corrected chi connectivity index (χ2v) is 33.4. The summed E-state index contributed by atoms with van der Waals surface area (Å²) in [5.41, 5.74) is 5.02. The van der Waals surface area contributed by atoms with Gasteiger partial charge in [-0.25, -0.2) is 52.9 Å². The number of aliphatic hydroxyl groups is 1. The second-order valence-electron chi connectivity index (χ2n) is 22.7. The predicted octanol–water partition coefficient (Wildman–Crippen LogP) is 10.8. The molecule has 3 aliphatic heterocycles. The van der Waals surface area contributed by atoms with E-state index in [0.29, 0.717) is 42.9 Å². The molecule has 3 aliphatic rings. The molecule has 3 saturated heterocycles. The molecule has 97 heavy (non-hydrogen) atoms. The van der Waals surface area contributed by atoms with E-state index >= 15 is 0 Å². The average molecular weight is 1500 g/mol. The van der Waals surface area contributed by atoms with Crippen LogP contribution >= 0.6 is 68.8 Å². The normalized spacial score (nSPS) is 23.8. The van der Waals surface area contributed by atoms with Gasteiger partial charge in [-0.1, -0.05) is 34.8 Å². The van der Waals surface area contributed by atoms with Crippen LogP contribution in [-0.4, -0.2) is 141 Å². The van der Waals surface area contributed by atoms with E-state index in [1.807, 2.05) is 89.9 Å². The minimum absolute atomic E-state index is 0.00175. The zero-order chi connectivity index (χ0) is 69.8. The lowest BCUT2D eigenvalue weighted by atomic mass is 10.0. The van der Waals surface area contributed by atoms with Crippen LogP contribution in [0.1, 0.15) is 65.9 Å². The van der Waals surface area contributed by atoms with Crippen LogP contribution in [0.4, 0.5) is 30.2 Å². The van der Waals surface area contributed by atoms with Gasteiger partial charge in [-0.3, -0.25) is 28.4 Å². The van der Waals surface area contributed by atoms with Crippen molar-refractivity contribution in [3.63, 3.8) is 0 Å². The molecule has 12 rings (SSSR count). The van der Waals surface area contributed by atoms with Gasteiger partial charge in [-0.15, -0.1) is 34.0 Å². The van der Waals surface area contributed by atoms with Gasteiger partial charge >= 0.3 is 0 Å². The molecule has 6 aromatic heterocycles. The lowest BCUT2D eigenvalue weighted by molar-refractivity contribution is -0.120. The number of halogens is 6. The van der Waals surface area contributed by atoms with E-state index in [-0.39, 0.29) is 57.5 Å². The summed E-state index contributed by atoms with van der Waals surface area (Å²) in [6.07, 6.45) is 12.3. The number of hydrogen-bond acceptors (Lipinski definition) is 13. The summed E-state index contributed by atoms with van der Waals surface area (Å²) in [6, 6.07) is 18.6. The molecule has 0 saturated carbocycles. The Kier molecular flexibility index (Phi) is 23.2. The van der Waals surface area contributed by atoms with Crippen LogP contribution < -0.4 is 30.1 Å². The van der Waals surface area contributed by atoms with E-state index in [9.17, 15) is 40.2 Å². The second kappa shape index (κ2) is 30.8. The van der Waals surface area contributed by atoms with Crippen LogP contribution in [0.2, 0.25) is 15.1 Å². The van der Waals surface area contributed by atoms with Crippen molar-refractivity contribution in [3.05, 3.63) is 175 Å². The van der Waals surface area contributed by atoms with E-state index in [2.05, 4.69) is 63.0 Å². The number of aryl methyl sites for hydroxylation is 2. The van der Waals surface area contributed by atoms with Crippen molar-refractivity contribution >= 4 is 151 Å². The summed E-state index contributed by atoms with van der Waals surface area (Å²) in [7, 11) is -3.92. The first-order valence-corrected chi connectivity index (χ1v) is 38.6. The van der Waals surface area contributed by atoms with E-state index in [1.54, 1.807) is 43.4 Å². The van der Waals surface area contributed by atoms with Gasteiger partial charge in [0.2, 0.25) is 17.7 Å². The molecule has 34 heteroatoms. The molecular weight excluding hydrogens is 1430 g/mol. The number of nitrogens with zero attached hydrogens (tertiary/aromatic N) is 9. The Morgan fingerprint density at radius 3 is 1.25 bits per heavy atom. The van der Waals surface area contributed by atoms with Gasteiger partial charge in [-0.2, -0.15) is 15.3 Å². The number of aliphatic hydroxyl groups excluding tert-OH is 1. The quantitative estimate of drug-likeness (QED) is 0.0450. The Bertz CT molecular complexity index is 4520. The molecule has 9 atom stereocenters. The minimum Gasteiger partial charge on any atom is -0.394 e. The first kappa shape index (κ1) is 73.0. The smallest absolute Gasteiger partial charge is 0.242 e. The number of anilines is 3. The SMILES string of the molecule is C=S1(=O)NC(c2cc(-c3cnn(CC)c3)cs2)CC(C(=O)Nc2ccc(F)c(Cl)c2)N1C.C=S1(=O)NC(c2ccc(-c3cnn(CC)c3)s2)CC(C(=O)Nc2ccc(F)c(Cl)c2)N1C.C=S1(=O)NC(c2ccc(-c3cnn(CCO)c3)s2)CC(C(=O)Nc2ccc(F)c(Cl)c2)N1C. The predicted molar refractivity (Wildman–Crippen MR) is 387 cm³/mol. The molecule has 9 heterocycles. The molecule has 7 N–H and O–H groups in total. The summed E-state index contributed by atoms with van der Waals surface area (Å²) in [4.78, 5) is 43.9.